The molecule has 2 aliphatic rings. The molecule has 0 spiro atoms. The van der Waals surface area contributed by atoms with Gasteiger partial charge in [-0.05, 0) is 45.1 Å². The standard InChI is InChI=1S/C15H23N3O/c1-9-15(10(2)18(3)17-9)14(19)7-13-12-6-4-5-11(12)8-16-13/h11-13,16H,4-8H2,1-3H3. The first-order valence-electron chi connectivity index (χ1n) is 7.34. The van der Waals surface area contributed by atoms with Gasteiger partial charge in [0.05, 0.1) is 11.3 Å². The van der Waals surface area contributed by atoms with Gasteiger partial charge in [0, 0.05) is 25.2 Å². The van der Waals surface area contributed by atoms with Crippen molar-refractivity contribution in [3.63, 3.8) is 0 Å². The van der Waals surface area contributed by atoms with Crippen molar-refractivity contribution >= 4 is 5.78 Å². The van der Waals surface area contributed by atoms with E-state index in [0.29, 0.717) is 12.5 Å². The summed E-state index contributed by atoms with van der Waals surface area (Å²) < 4.78 is 1.81. The first-order chi connectivity index (χ1) is 9.08. The molecule has 1 aromatic heterocycles. The lowest BCUT2D eigenvalue weighted by Gasteiger charge is -2.17. The van der Waals surface area contributed by atoms with Gasteiger partial charge in [-0.25, -0.2) is 0 Å². The lowest BCUT2D eigenvalue weighted by Crippen LogP contribution is -2.29. The summed E-state index contributed by atoms with van der Waals surface area (Å²) in [7, 11) is 1.90. The van der Waals surface area contributed by atoms with E-state index in [9.17, 15) is 4.79 Å². The van der Waals surface area contributed by atoms with Crippen LogP contribution in [0.3, 0.4) is 0 Å². The molecule has 0 aromatic carbocycles. The van der Waals surface area contributed by atoms with Gasteiger partial charge in [-0.3, -0.25) is 9.48 Å². The zero-order chi connectivity index (χ0) is 13.6. The molecule has 4 heteroatoms. The normalized spacial score (nSPS) is 29.7. The second-order valence-electron chi connectivity index (χ2n) is 6.17. The van der Waals surface area contributed by atoms with Crippen molar-refractivity contribution in [3.05, 3.63) is 17.0 Å². The summed E-state index contributed by atoms with van der Waals surface area (Å²) in [5.74, 6) is 1.79. The van der Waals surface area contributed by atoms with Crippen molar-refractivity contribution in [2.75, 3.05) is 6.54 Å². The van der Waals surface area contributed by atoms with Gasteiger partial charge >= 0.3 is 0 Å². The molecule has 1 saturated heterocycles. The van der Waals surface area contributed by atoms with Crippen LogP contribution in [0.5, 0.6) is 0 Å². The van der Waals surface area contributed by atoms with Crippen LogP contribution in [0.4, 0.5) is 0 Å². The highest BCUT2D eigenvalue weighted by atomic mass is 16.1. The average Bonchev–Trinajstić information content (AvgIpc) is 2.99. The fourth-order valence-electron chi connectivity index (χ4n) is 4.01. The Morgan fingerprint density at radius 3 is 2.89 bits per heavy atom. The van der Waals surface area contributed by atoms with Crippen LogP contribution in [-0.4, -0.2) is 28.2 Å². The maximum absolute atomic E-state index is 12.6. The molecule has 1 aliphatic carbocycles. The summed E-state index contributed by atoms with van der Waals surface area (Å²) in [6.45, 7) is 5.02. The topological polar surface area (TPSA) is 46.9 Å². The molecule has 1 N–H and O–H groups in total. The van der Waals surface area contributed by atoms with Crippen LogP contribution >= 0.6 is 0 Å². The molecule has 2 heterocycles. The van der Waals surface area contributed by atoms with Crippen LogP contribution in [-0.2, 0) is 7.05 Å². The van der Waals surface area contributed by atoms with Gasteiger partial charge in [-0.15, -0.1) is 0 Å². The molecule has 1 saturated carbocycles. The summed E-state index contributed by atoms with van der Waals surface area (Å²) in [6, 6.07) is 0.388. The molecule has 0 amide bonds. The first-order valence-corrected chi connectivity index (χ1v) is 7.34. The fraction of sp³-hybridized carbons (Fsp3) is 0.733. The number of Topliss-reactive ketones (excluding diaryl/α,β-unsaturated/α-hetero) is 1. The van der Waals surface area contributed by atoms with Gasteiger partial charge in [0.2, 0.25) is 0 Å². The number of rotatable bonds is 3. The van der Waals surface area contributed by atoms with Crippen LogP contribution in [0, 0.1) is 25.7 Å². The number of nitrogens with one attached hydrogen (secondary N) is 1. The molecule has 4 nitrogen and oxygen atoms in total. The third kappa shape index (κ3) is 2.12. The largest absolute Gasteiger partial charge is 0.313 e. The van der Waals surface area contributed by atoms with Crippen molar-refractivity contribution in [1.29, 1.82) is 0 Å². The minimum atomic E-state index is 0.258. The van der Waals surface area contributed by atoms with Gasteiger partial charge in [0.1, 0.15) is 0 Å². The van der Waals surface area contributed by atoms with Crippen molar-refractivity contribution in [1.82, 2.24) is 15.1 Å². The van der Waals surface area contributed by atoms with Crippen molar-refractivity contribution in [3.8, 4) is 0 Å². The van der Waals surface area contributed by atoms with Crippen LogP contribution < -0.4 is 5.32 Å². The van der Waals surface area contributed by atoms with E-state index in [2.05, 4.69) is 10.4 Å². The monoisotopic (exact) mass is 261 g/mol. The molecule has 3 rings (SSSR count). The highest BCUT2D eigenvalue weighted by Gasteiger charge is 2.39. The average molecular weight is 261 g/mol. The van der Waals surface area contributed by atoms with E-state index in [4.69, 9.17) is 0 Å². The van der Waals surface area contributed by atoms with Crippen LogP contribution in [0.2, 0.25) is 0 Å². The van der Waals surface area contributed by atoms with Crippen LogP contribution in [0.1, 0.15) is 47.4 Å². The van der Waals surface area contributed by atoms with Crippen LogP contribution in [0.15, 0.2) is 0 Å². The number of ketones is 1. The summed E-state index contributed by atoms with van der Waals surface area (Å²) in [6.07, 6.45) is 4.61. The summed E-state index contributed by atoms with van der Waals surface area (Å²) in [4.78, 5) is 12.6. The molecule has 1 aromatic rings. The zero-order valence-corrected chi connectivity index (χ0v) is 12.1. The molecule has 1 aliphatic heterocycles. The first kappa shape index (κ1) is 12.9. The Kier molecular flexibility index (Phi) is 3.21. The molecule has 104 valence electrons. The number of aryl methyl sites for hydroxylation is 2. The highest BCUT2D eigenvalue weighted by Crippen LogP contribution is 2.39. The Labute approximate surface area is 114 Å². The number of carbonyl (C=O) groups excluding carboxylic acids is 1. The van der Waals surface area contributed by atoms with Crippen molar-refractivity contribution in [2.24, 2.45) is 18.9 Å². The van der Waals surface area contributed by atoms with E-state index < -0.39 is 0 Å². The summed E-state index contributed by atoms with van der Waals surface area (Å²) in [5.41, 5.74) is 2.69. The number of hydrogen-bond acceptors (Lipinski definition) is 3. The highest BCUT2D eigenvalue weighted by molar-refractivity contribution is 5.98. The van der Waals surface area contributed by atoms with E-state index >= 15 is 0 Å². The second-order valence-corrected chi connectivity index (χ2v) is 6.17. The summed E-state index contributed by atoms with van der Waals surface area (Å²) >= 11 is 0. The van der Waals surface area contributed by atoms with Gasteiger partial charge in [0.15, 0.2) is 5.78 Å². The number of carbonyl (C=O) groups is 1. The summed E-state index contributed by atoms with van der Waals surface area (Å²) in [5, 5.41) is 7.91. The Morgan fingerprint density at radius 2 is 2.21 bits per heavy atom. The Bertz CT molecular complexity index is 506. The van der Waals surface area contributed by atoms with E-state index in [0.717, 1.165) is 35.3 Å². The van der Waals surface area contributed by atoms with Crippen molar-refractivity contribution < 1.29 is 4.79 Å². The SMILES string of the molecule is Cc1nn(C)c(C)c1C(=O)CC1NCC2CCCC21. The van der Waals surface area contributed by atoms with Gasteiger partial charge in [-0.1, -0.05) is 6.42 Å². The molecular formula is C15H23N3O. The molecular weight excluding hydrogens is 238 g/mol. The molecule has 3 atom stereocenters. The van der Waals surface area contributed by atoms with E-state index in [1.165, 1.54) is 19.3 Å². The van der Waals surface area contributed by atoms with Gasteiger partial charge in [-0.2, -0.15) is 5.10 Å². The van der Waals surface area contributed by atoms with Gasteiger partial charge in [0.25, 0.3) is 0 Å². The Balaban J connectivity index is 1.75. The molecule has 19 heavy (non-hydrogen) atoms. The second kappa shape index (κ2) is 4.75. The molecule has 0 radical (unpaired) electrons. The van der Waals surface area contributed by atoms with E-state index in [1.54, 1.807) is 0 Å². The van der Waals surface area contributed by atoms with E-state index in [1.807, 2.05) is 25.6 Å². The number of fused-ring (bicyclic) bond motifs is 1. The smallest absolute Gasteiger partial charge is 0.168 e. The third-order valence-corrected chi connectivity index (χ3v) is 5.07. The molecule has 3 unspecified atom stereocenters. The fourth-order valence-corrected chi connectivity index (χ4v) is 4.01. The lowest BCUT2D eigenvalue weighted by atomic mass is 9.89. The minimum absolute atomic E-state index is 0.258. The van der Waals surface area contributed by atoms with Crippen molar-refractivity contribution in [2.45, 2.75) is 45.6 Å². The number of aromatic nitrogens is 2. The Hall–Kier alpha value is -1.16. The maximum atomic E-state index is 12.6. The third-order valence-electron chi connectivity index (χ3n) is 5.07. The molecule has 2 fully saturated rings. The predicted octanol–water partition coefficient (Wildman–Crippen LogP) is 2.00. The Morgan fingerprint density at radius 1 is 1.42 bits per heavy atom. The van der Waals surface area contributed by atoms with Crippen LogP contribution in [0.25, 0.3) is 0 Å². The minimum Gasteiger partial charge on any atom is -0.313 e. The quantitative estimate of drug-likeness (QED) is 0.847. The van der Waals surface area contributed by atoms with Gasteiger partial charge < -0.3 is 5.32 Å². The van der Waals surface area contributed by atoms with E-state index in [-0.39, 0.29) is 5.78 Å². The number of nitrogens with zero attached hydrogens (tertiary/aromatic N) is 2. The lowest BCUT2D eigenvalue weighted by molar-refractivity contribution is 0.0962. The number of hydrogen-bond donors (Lipinski definition) is 1. The maximum Gasteiger partial charge on any atom is 0.168 e. The predicted molar refractivity (Wildman–Crippen MR) is 74.3 cm³/mol. The zero-order valence-electron chi connectivity index (χ0n) is 12.1. The molecule has 0 bridgehead atoms.